The Morgan fingerprint density at radius 1 is 0.550 bits per heavy atom. The van der Waals surface area contributed by atoms with Crippen molar-refractivity contribution in [3.8, 4) is 0 Å². The number of carbonyl (C=O) groups is 3. The van der Waals surface area contributed by atoms with Gasteiger partial charge in [0.05, 0.1) is 5.60 Å². The minimum Gasteiger partial charge on any atom is -0.376 e. The summed E-state index contributed by atoms with van der Waals surface area (Å²) >= 11 is 0. The first kappa shape index (κ1) is 67.4. The average Bonchev–Trinajstić information content (AvgIpc) is 2.87. The number of amides is 3. The molecule has 60 heavy (non-hydrogen) atoms. The molecule has 0 unspecified atom stereocenters. The van der Waals surface area contributed by atoms with Gasteiger partial charge in [0.2, 0.25) is 17.7 Å². The molecule has 0 aromatic carbocycles. The minimum absolute atomic E-state index is 0.0191. The van der Waals surface area contributed by atoms with E-state index in [2.05, 4.69) is 189 Å². The first-order valence-corrected chi connectivity index (χ1v) is 23.3. The molecule has 8 nitrogen and oxygen atoms in total. The van der Waals surface area contributed by atoms with Gasteiger partial charge in [-0.15, -0.1) is 0 Å². The highest BCUT2D eigenvalue weighted by atomic mass is 16.5. The highest BCUT2D eigenvalue weighted by molar-refractivity contribution is 5.81. The fourth-order valence-corrected chi connectivity index (χ4v) is 5.03. The van der Waals surface area contributed by atoms with Crippen LogP contribution in [-0.4, -0.2) is 71.1 Å². The monoisotopic (exact) mass is 857 g/mol. The highest BCUT2D eigenvalue weighted by Gasteiger charge is 2.29. The number of nitrogens with zero attached hydrogens (tertiary/aromatic N) is 1. The van der Waals surface area contributed by atoms with Gasteiger partial charge in [-0.2, -0.15) is 0 Å². The molecule has 8 heteroatoms. The van der Waals surface area contributed by atoms with E-state index in [9.17, 15) is 14.4 Å². The van der Waals surface area contributed by atoms with Crippen LogP contribution in [0.15, 0.2) is 0 Å². The fourth-order valence-electron chi connectivity index (χ4n) is 5.03. The van der Waals surface area contributed by atoms with Gasteiger partial charge >= 0.3 is 0 Å². The van der Waals surface area contributed by atoms with E-state index in [4.69, 9.17) is 4.74 Å². The van der Waals surface area contributed by atoms with Crippen LogP contribution in [0.4, 0.5) is 0 Å². The second kappa shape index (κ2) is 28.9. The summed E-state index contributed by atoms with van der Waals surface area (Å²) < 4.78 is 5.61. The zero-order chi connectivity index (χ0) is 49.5. The van der Waals surface area contributed by atoms with E-state index in [-0.39, 0.29) is 57.3 Å². The van der Waals surface area contributed by atoms with Crippen LogP contribution in [0.1, 0.15) is 240 Å². The van der Waals surface area contributed by atoms with Crippen LogP contribution in [0.5, 0.6) is 0 Å². The zero-order valence-electron chi connectivity index (χ0n) is 46.5. The summed E-state index contributed by atoms with van der Waals surface area (Å²) in [6.45, 7) is 66.2. The molecule has 0 fully saturated rings. The van der Waals surface area contributed by atoms with E-state index < -0.39 is 0 Å². The van der Waals surface area contributed by atoms with E-state index in [1.165, 1.54) is 6.42 Å². The second-order valence-electron chi connectivity index (χ2n) is 26.7. The number of hydrogen-bond acceptors (Lipinski definition) is 5. The van der Waals surface area contributed by atoms with Crippen molar-refractivity contribution in [2.45, 2.75) is 269 Å². The maximum absolute atomic E-state index is 12.0. The lowest BCUT2D eigenvalue weighted by Crippen LogP contribution is -2.49. The molecule has 0 aliphatic rings. The smallest absolute Gasteiger partial charge is 0.225 e. The van der Waals surface area contributed by atoms with Crippen LogP contribution in [0.25, 0.3) is 0 Å². The van der Waals surface area contributed by atoms with Crippen molar-refractivity contribution in [2.75, 3.05) is 19.7 Å². The number of nitrogens with one attached hydrogen (secondary N) is 3. The van der Waals surface area contributed by atoms with Crippen LogP contribution in [0.2, 0.25) is 0 Å². The normalized spacial score (nSPS) is 12.8. The molecule has 0 aromatic rings. The van der Waals surface area contributed by atoms with Crippen LogP contribution in [-0.2, 0) is 19.1 Å². The van der Waals surface area contributed by atoms with E-state index in [1.54, 1.807) is 0 Å². The highest BCUT2D eigenvalue weighted by Crippen LogP contribution is 2.22. The first-order chi connectivity index (χ1) is 26.0. The Balaban J connectivity index is -0.000000211. The SMILES string of the molecule is CC(C)(C)CCNC(=O)C(C)(C)C.CC(C)(C)CCNC(C)(C)C.CC(C)(C)CCOC(C)(C)C.CC(C)CC(=O)N(C(C)C)C(C)(C)C.CC(C)NC(=O)CC(C)(C)C. The van der Waals surface area contributed by atoms with Crippen molar-refractivity contribution in [2.24, 2.45) is 33.0 Å². The van der Waals surface area contributed by atoms with Gasteiger partial charge in [0.15, 0.2) is 0 Å². The van der Waals surface area contributed by atoms with E-state index in [0.717, 1.165) is 32.5 Å². The van der Waals surface area contributed by atoms with Crippen molar-refractivity contribution in [3.05, 3.63) is 0 Å². The van der Waals surface area contributed by atoms with Gasteiger partial charge in [0.25, 0.3) is 0 Å². The molecule has 0 atom stereocenters. The van der Waals surface area contributed by atoms with Crippen LogP contribution in [0, 0.1) is 33.0 Å². The van der Waals surface area contributed by atoms with Gasteiger partial charge < -0.3 is 25.6 Å². The predicted molar refractivity (Wildman–Crippen MR) is 267 cm³/mol. The summed E-state index contributed by atoms with van der Waals surface area (Å²) in [6.07, 6.45) is 4.64. The minimum atomic E-state index is -0.266. The Bertz CT molecular complexity index is 1060. The maximum Gasteiger partial charge on any atom is 0.225 e. The summed E-state index contributed by atoms with van der Waals surface area (Å²) in [5.41, 5.74) is 1.20. The third-order valence-corrected chi connectivity index (χ3v) is 7.99. The molecule has 3 amide bonds. The third-order valence-electron chi connectivity index (χ3n) is 7.99. The summed E-state index contributed by atoms with van der Waals surface area (Å²) in [6, 6.07) is 0.533. The maximum atomic E-state index is 12.0. The molecule has 0 aromatic heterocycles. The lowest BCUT2D eigenvalue weighted by molar-refractivity contribution is -0.139. The molecule has 0 aliphatic heterocycles. The van der Waals surface area contributed by atoms with Crippen LogP contribution in [0.3, 0.4) is 0 Å². The standard InChI is InChI=1S/C12H25NO.C11H23NO.C10H23N.C10H22O.C9H19NO/c1-9(2)8-11(14)13(10(3)4)12(5,6)7;1-10(2,3)7-8-12-9(13)11(4,5)6;2*1-9(2,3)7-8-11-10(4,5)6;1-7(2)10-8(11)6-9(3,4)5/h9-10H,8H2,1-7H3;7-8H2,1-6H3,(H,12,13);11H,7-8H2,1-6H3;7-8H2,1-6H3;7H,6H2,1-5H3,(H,10,11). The van der Waals surface area contributed by atoms with Gasteiger partial charge in [-0.05, 0) is 143 Å². The fraction of sp³-hybridized carbons (Fsp3) is 0.942. The van der Waals surface area contributed by atoms with Crippen LogP contribution >= 0.6 is 0 Å². The molecule has 364 valence electrons. The largest absolute Gasteiger partial charge is 0.376 e. The van der Waals surface area contributed by atoms with Gasteiger partial charge in [-0.25, -0.2) is 0 Å². The molecule has 0 aliphatic carbocycles. The topological polar surface area (TPSA) is 99.8 Å². The van der Waals surface area contributed by atoms with Crippen LogP contribution < -0.4 is 16.0 Å². The molecule has 0 bridgehead atoms. The van der Waals surface area contributed by atoms with Gasteiger partial charge in [-0.3, -0.25) is 14.4 Å². The molecular formula is C52H112N4O4. The van der Waals surface area contributed by atoms with Crippen molar-refractivity contribution in [3.63, 3.8) is 0 Å². The van der Waals surface area contributed by atoms with Gasteiger partial charge in [0, 0.05) is 54.6 Å². The summed E-state index contributed by atoms with van der Waals surface area (Å²) in [5.74, 6) is 0.984. The Morgan fingerprint density at radius 2 is 0.950 bits per heavy atom. The summed E-state index contributed by atoms with van der Waals surface area (Å²) in [4.78, 5) is 36.5. The number of carbonyl (C=O) groups excluding carboxylic acids is 3. The van der Waals surface area contributed by atoms with E-state index in [1.807, 2.05) is 39.5 Å². The van der Waals surface area contributed by atoms with Crippen molar-refractivity contribution >= 4 is 17.7 Å². The summed E-state index contributed by atoms with van der Waals surface area (Å²) in [5, 5.41) is 9.28. The molecular weight excluding hydrogens is 745 g/mol. The first-order valence-electron chi connectivity index (χ1n) is 23.3. The molecule has 0 saturated heterocycles. The Kier molecular flexibility index (Phi) is 32.5. The second-order valence-corrected chi connectivity index (χ2v) is 26.7. The molecule has 0 saturated carbocycles. The number of rotatable bonds is 11. The number of hydrogen-bond donors (Lipinski definition) is 3. The van der Waals surface area contributed by atoms with Gasteiger partial charge in [0.1, 0.15) is 0 Å². The molecule has 0 radical (unpaired) electrons. The van der Waals surface area contributed by atoms with E-state index in [0.29, 0.717) is 35.0 Å². The predicted octanol–water partition coefficient (Wildman–Crippen LogP) is 13.6. The molecule has 3 N–H and O–H groups in total. The quantitative estimate of drug-likeness (QED) is 0.192. The summed E-state index contributed by atoms with van der Waals surface area (Å²) in [7, 11) is 0. The molecule has 0 heterocycles. The Hall–Kier alpha value is -1.67. The Morgan fingerprint density at radius 3 is 1.22 bits per heavy atom. The van der Waals surface area contributed by atoms with E-state index >= 15 is 0 Å². The van der Waals surface area contributed by atoms with Crippen molar-refractivity contribution in [1.29, 1.82) is 0 Å². The average molecular weight is 857 g/mol. The zero-order valence-corrected chi connectivity index (χ0v) is 46.5. The molecule has 0 spiro atoms. The van der Waals surface area contributed by atoms with Crippen molar-refractivity contribution < 1.29 is 19.1 Å². The number of ether oxygens (including phenoxy) is 1. The van der Waals surface area contributed by atoms with Gasteiger partial charge in [-0.1, -0.05) is 118 Å². The lowest BCUT2D eigenvalue weighted by atomic mass is 9.91. The third kappa shape index (κ3) is 58.4. The Labute approximate surface area is 377 Å². The lowest BCUT2D eigenvalue weighted by Gasteiger charge is -2.39. The molecule has 0 rings (SSSR count). The van der Waals surface area contributed by atoms with Crippen molar-refractivity contribution in [1.82, 2.24) is 20.9 Å².